The van der Waals surface area contributed by atoms with E-state index in [0.29, 0.717) is 4.83 Å². The van der Waals surface area contributed by atoms with Crippen molar-refractivity contribution in [2.24, 2.45) is 5.92 Å². The van der Waals surface area contributed by atoms with Gasteiger partial charge in [-0.25, -0.2) is 0 Å². The summed E-state index contributed by atoms with van der Waals surface area (Å²) in [6.45, 7) is 0. The van der Waals surface area contributed by atoms with Crippen LogP contribution >= 0.6 is 15.9 Å². The molecule has 1 fully saturated rings. The highest BCUT2D eigenvalue weighted by molar-refractivity contribution is 9.09. The number of anilines is 1. The van der Waals surface area contributed by atoms with Gasteiger partial charge in [-0.15, -0.1) is 0 Å². The number of rotatable bonds is 2. The summed E-state index contributed by atoms with van der Waals surface area (Å²) in [4.78, 5) is 14.3. The summed E-state index contributed by atoms with van der Waals surface area (Å²) in [5.74, 6) is 0.441. The second-order valence-corrected chi connectivity index (χ2v) is 5.29. The molecule has 1 amide bonds. The molecule has 3 heteroatoms. The molecule has 0 heterocycles. The van der Waals surface area contributed by atoms with Crippen molar-refractivity contribution in [2.75, 3.05) is 11.9 Å². The molecule has 15 heavy (non-hydrogen) atoms. The molecule has 1 aliphatic carbocycles. The van der Waals surface area contributed by atoms with Gasteiger partial charge >= 0.3 is 0 Å². The van der Waals surface area contributed by atoms with Crippen molar-refractivity contribution in [1.29, 1.82) is 0 Å². The maximum atomic E-state index is 12.0. The zero-order valence-electron chi connectivity index (χ0n) is 8.69. The zero-order valence-corrected chi connectivity index (χ0v) is 10.3. The summed E-state index contributed by atoms with van der Waals surface area (Å²) in [6.07, 6.45) is 1.94. The fourth-order valence-electron chi connectivity index (χ4n) is 1.80. The predicted molar refractivity (Wildman–Crippen MR) is 65.3 cm³/mol. The first kappa shape index (κ1) is 10.7. The van der Waals surface area contributed by atoms with Crippen LogP contribution in [0, 0.1) is 5.92 Å². The van der Waals surface area contributed by atoms with Crippen molar-refractivity contribution in [3.8, 4) is 0 Å². The summed E-state index contributed by atoms with van der Waals surface area (Å²) >= 11 is 3.50. The number of carbonyl (C=O) groups is 1. The van der Waals surface area contributed by atoms with Crippen molar-refractivity contribution in [1.82, 2.24) is 0 Å². The molecule has 0 radical (unpaired) electrons. The number of alkyl halides is 1. The van der Waals surface area contributed by atoms with Gasteiger partial charge in [0.1, 0.15) is 0 Å². The van der Waals surface area contributed by atoms with Crippen LogP contribution in [0.4, 0.5) is 5.69 Å². The standard InChI is InChI=1S/C12H14BrNO/c1-14(11-5-3-2-4-6-11)12(15)9-7-10(13)8-9/h2-6,9-10H,7-8H2,1H3. The van der Waals surface area contributed by atoms with Crippen LogP contribution in [0.2, 0.25) is 0 Å². The lowest BCUT2D eigenvalue weighted by molar-refractivity contribution is -0.124. The molecule has 2 rings (SSSR count). The maximum absolute atomic E-state index is 12.0. The Morgan fingerprint density at radius 1 is 1.33 bits per heavy atom. The molecular weight excluding hydrogens is 254 g/mol. The number of hydrogen-bond donors (Lipinski definition) is 0. The Bertz CT molecular complexity index is 346. The molecule has 1 saturated carbocycles. The Morgan fingerprint density at radius 2 is 1.93 bits per heavy atom. The van der Waals surface area contributed by atoms with Gasteiger partial charge < -0.3 is 4.90 Å². The average Bonchev–Trinajstić information content (AvgIpc) is 2.24. The van der Waals surface area contributed by atoms with E-state index in [0.717, 1.165) is 18.5 Å². The molecule has 0 spiro atoms. The van der Waals surface area contributed by atoms with E-state index in [-0.39, 0.29) is 11.8 Å². The largest absolute Gasteiger partial charge is 0.315 e. The van der Waals surface area contributed by atoms with Crippen molar-refractivity contribution in [2.45, 2.75) is 17.7 Å². The van der Waals surface area contributed by atoms with E-state index in [1.807, 2.05) is 37.4 Å². The molecule has 1 aromatic rings. The minimum atomic E-state index is 0.208. The Hall–Kier alpha value is -0.830. The van der Waals surface area contributed by atoms with Crippen LogP contribution in [0.3, 0.4) is 0 Å². The Kier molecular flexibility index (Phi) is 3.10. The van der Waals surface area contributed by atoms with Gasteiger partial charge in [-0.1, -0.05) is 34.1 Å². The van der Waals surface area contributed by atoms with E-state index < -0.39 is 0 Å². The highest BCUT2D eigenvalue weighted by atomic mass is 79.9. The molecule has 0 saturated heterocycles. The van der Waals surface area contributed by atoms with E-state index >= 15 is 0 Å². The van der Waals surface area contributed by atoms with E-state index in [4.69, 9.17) is 0 Å². The lowest BCUT2D eigenvalue weighted by Crippen LogP contribution is -2.40. The van der Waals surface area contributed by atoms with Crippen LogP contribution in [-0.4, -0.2) is 17.8 Å². The maximum Gasteiger partial charge on any atom is 0.229 e. The third kappa shape index (κ3) is 2.23. The van der Waals surface area contributed by atoms with Crippen molar-refractivity contribution in [3.05, 3.63) is 30.3 Å². The van der Waals surface area contributed by atoms with Gasteiger partial charge in [0.15, 0.2) is 0 Å². The second kappa shape index (κ2) is 4.35. The van der Waals surface area contributed by atoms with Gasteiger partial charge in [0.2, 0.25) is 5.91 Å². The molecule has 1 aliphatic rings. The smallest absolute Gasteiger partial charge is 0.229 e. The highest BCUT2D eigenvalue weighted by Crippen LogP contribution is 2.35. The van der Waals surface area contributed by atoms with Crippen LogP contribution in [0.25, 0.3) is 0 Å². The summed E-state index contributed by atoms with van der Waals surface area (Å²) in [5, 5.41) is 0. The van der Waals surface area contributed by atoms with Crippen LogP contribution in [0.5, 0.6) is 0 Å². The molecule has 1 aromatic carbocycles. The van der Waals surface area contributed by atoms with Gasteiger partial charge in [0.05, 0.1) is 0 Å². The lowest BCUT2D eigenvalue weighted by atomic mass is 9.84. The number of benzene rings is 1. The van der Waals surface area contributed by atoms with Gasteiger partial charge in [0, 0.05) is 23.5 Å². The Labute approximate surface area is 98.4 Å². The number of amides is 1. The number of para-hydroxylation sites is 1. The first-order chi connectivity index (χ1) is 7.18. The molecule has 0 N–H and O–H groups in total. The monoisotopic (exact) mass is 267 g/mol. The number of hydrogen-bond acceptors (Lipinski definition) is 1. The summed E-state index contributed by atoms with van der Waals surface area (Å²) in [6, 6.07) is 9.78. The zero-order chi connectivity index (χ0) is 10.8. The molecule has 0 bridgehead atoms. The third-order valence-electron chi connectivity index (χ3n) is 2.90. The van der Waals surface area contributed by atoms with Crippen LogP contribution in [0.1, 0.15) is 12.8 Å². The third-order valence-corrected chi connectivity index (χ3v) is 3.65. The number of halogens is 1. The second-order valence-electron chi connectivity index (χ2n) is 4.00. The lowest BCUT2D eigenvalue weighted by Gasteiger charge is -2.33. The van der Waals surface area contributed by atoms with Gasteiger partial charge in [-0.2, -0.15) is 0 Å². The molecule has 0 aliphatic heterocycles. The van der Waals surface area contributed by atoms with Crippen LogP contribution in [-0.2, 0) is 4.79 Å². The molecule has 2 nitrogen and oxygen atoms in total. The quantitative estimate of drug-likeness (QED) is 0.755. The SMILES string of the molecule is CN(C(=O)C1CC(Br)C1)c1ccccc1. The summed E-state index contributed by atoms with van der Waals surface area (Å²) in [5.41, 5.74) is 0.973. The van der Waals surface area contributed by atoms with Gasteiger partial charge in [0.25, 0.3) is 0 Å². The minimum Gasteiger partial charge on any atom is -0.315 e. The van der Waals surface area contributed by atoms with Crippen LogP contribution < -0.4 is 4.90 Å². The Balaban J connectivity index is 2.02. The summed E-state index contributed by atoms with van der Waals surface area (Å²) in [7, 11) is 1.85. The first-order valence-corrected chi connectivity index (χ1v) is 6.06. The van der Waals surface area contributed by atoms with Gasteiger partial charge in [-0.05, 0) is 25.0 Å². The minimum absolute atomic E-state index is 0.208. The predicted octanol–water partition coefficient (Wildman–Crippen LogP) is 2.82. The van der Waals surface area contributed by atoms with Crippen molar-refractivity contribution in [3.63, 3.8) is 0 Å². The van der Waals surface area contributed by atoms with Crippen molar-refractivity contribution >= 4 is 27.5 Å². The molecule has 0 unspecified atom stereocenters. The van der Waals surface area contributed by atoms with E-state index in [9.17, 15) is 4.79 Å². The van der Waals surface area contributed by atoms with Gasteiger partial charge in [-0.3, -0.25) is 4.79 Å². The number of nitrogens with zero attached hydrogens (tertiary/aromatic N) is 1. The average molecular weight is 268 g/mol. The molecule has 80 valence electrons. The van der Waals surface area contributed by atoms with Crippen LogP contribution in [0.15, 0.2) is 30.3 Å². The summed E-state index contributed by atoms with van der Waals surface area (Å²) < 4.78 is 0. The normalized spacial score (nSPS) is 24.4. The van der Waals surface area contributed by atoms with E-state index in [2.05, 4.69) is 15.9 Å². The first-order valence-electron chi connectivity index (χ1n) is 5.15. The number of carbonyl (C=O) groups excluding carboxylic acids is 1. The Morgan fingerprint density at radius 3 is 2.47 bits per heavy atom. The fourth-order valence-corrected chi connectivity index (χ4v) is 2.71. The molecule has 0 atom stereocenters. The highest BCUT2D eigenvalue weighted by Gasteiger charge is 2.34. The van der Waals surface area contributed by atoms with E-state index in [1.54, 1.807) is 4.90 Å². The fraction of sp³-hybridized carbons (Fsp3) is 0.417. The topological polar surface area (TPSA) is 20.3 Å². The van der Waals surface area contributed by atoms with Crippen molar-refractivity contribution < 1.29 is 4.79 Å². The molecular formula is C12H14BrNO. The van der Waals surface area contributed by atoms with E-state index in [1.165, 1.54) is 0 Å². The molecule has 0 aromatic heterocycles.